The maximum atomic E-state index is 12.1. The smallest absolute Gasteiger partial charge is 0.338 e. The Kier molecular flexibility index (Phi) is 7.62. The van der Waals surface area contributed by atoms with E-state index in [4.69, 9.17) is 9.47 Å². The molecule has 0 heterocycles. The highest BCUT2D eigenvalue weighted by Gasteiger charge is 2.10. The summed E-state index contributed by atoms with van der Waals surface area (Å²) in [5.74, 6) is 0.294. The lowest BCUT2D eigenvalue weighted by molar-refractivity contribution is -0.118. The Balaban J connectivity index is 1.87. The number of nitrogens with one attached hydrogen (secondary N) is 1. The molecule has 0 saturated heterocycles. The molecule has 5 nitrogen and oxygen atoms in total. The van der Waals surface area contributed by atoms with Crippen molar-refractivity contribution in [2.75, 3.05) is 18.5 Å². The van der Waals surface area contributed by atoms with Crippen molar-refractivity contribution < 1.29 is 19.1 Å². The van der Waals surface area contributed by atoms with Crippen LogP contribution in [0.5, 0.6) is 5.75 Å². The van der Waals surface area contributed by atoms with Crippen LogP contribution in [-0.2, 0) is 16.0 Å². The number of para-hydroxylation sites is 1. The average molecular weight is 367 g/mol. The highest BCUT2D eigenvalue weighted by molar-refractivity contribution is 5.93. The molecule has 0 aliphatic carbocycles. The number of allylic oxidation sites excluding steroid dienone is 1. The first-order valence-electron chi connectivity index (χ1n) is 8.88. The SMILES string of the molecule is C=CCc1ccccc1OCC(=O)Nc1ccc(C(=O)OCC(C)C)cc1. The molecule has 5 heteroatoms. The Labute approximate surface area is 160 Å². The Hall–Kier alpha value is -3.08. The summed E-state index contributed by atoms with van der Waals surface area (Å²) in [5, 5.41) is 2.74. The summed E-state index contributed by atoms with van der Waals surface area (Å²) in [7, 11) is 0. The van der Waals surface area contributed by atoms with Gasteiger partial charge in [-0.05, 0) is 48.2 Å². The van der Waals surface area contributed by atoms with Crippen molar-refractivity contribution in [2.24, 2.45) is 5.92 Å². The predicted octanol–water partition coefficient (Wildman–Crippen LogP) is 4.25. The van der Waals surface area contributed by atoms with Gasteiger partial charge in [0.1, 0.15) is 5.75 Å². The molecule has 0 atom stereocenters. The van der Waals surface area contributed by atoms with Gasteiger partial charge < -0.3 is 14.8 Å². The first-order chi connectivity index (χ1) is 13.0. The van der Waals surface area contributed by atoms with E-state index in [1.807, 2.05) is 38.1 Å². The van der Waals surface area contributed by atoms with E-state index >= 15 is 0 Å². The Bertz CT molecular complexity index is 781. The second-order valence-electron chi connectivity index (χ2n) is 6.51. The Morgan fingerprint density at radius 1 is 1.11 bits per heavy atom. The molecule has 1 N–H and O–H groups in total. The van der Waals surface area contributed by atoms with Gasteiger partial charge in [-0.25, -0.2) is 4.79 Å². The molecular formula is C22H25NO4. The van der Waals surface area contributed by atoms with Crippen LogP contribution in [0.3, 0.4) is 0 Å². The molecule has 1 amide bonds. The van der Waals surface area contributed by atoms with Crippen molar-refractivity contribution in [1.29, 1.82) is 0 Å². The molecule has 2 aromatic carbocycles. The van der Waals surface area contributed by atoms with Gasteiger partial charge in [0.05, 0.1) is 12.2 Å². The van der Waals surface area contributed by atoms with E-state index in [1.54, 1.807) is 30.3 Å². The van der Waals surface area contributed by atoms with Gasteiger partial charge in [0.2, 0.25) is 0 Å². The molecule has 0 saturated carbocycles. The van der Waals surface area contributed by atoms with Gasteiger partial charge in [-0.15, -0.1) is 6.58 Å². The zero-order valence-corrected chi connectivity index (χ0v) is 15.7. The van der Waals surface area contributed by atoms with E-state index in [0.29, 0.717) is 30.0 Å². The lowest BCUT2D eigenvalue weighted by Gasteiger charge is -2.11. The molecule has 2 aromatic rings. The van der Waals surface area contributed by atoms with E-state index in [9.17, 15) is 9.59 Å². The van der Waals surface area contributed by atoms with Crippen LogP contribution in [-0.4, -0.2) is 25.1 Å². The average Bonchev–Trinajstić information content (AvgIpc) is 2.66. The number of amides is 1. The topological polar surface area (TPSA) is 64.6 Å². The van der Waals surface area contributed by atoms with E-state index in [2.05, 4.69) is 11.9 Å². The van der Waals surface area contributed by atoms with Crippen molar-refractivity contribution in [3.05, 3.63) is 72.3 Å². The van der Waals surface area contributed by atoms with E-state index in [0.717, 1.165) is 5.56 Å². The van der Waals surface area contributed by atoms with E-state index < -0.39 is 0 Å². The summed E-state index contributed by atoms with van der Waals surface area (Å²) in [4.78, 5) is 24.0. The fourth-order valence-electron chi connectivity index (χ4n) is 2.32. The van der Waals surface area contributed by atoms with Crippen LogP contribution in [0.2, 0.25) is 0 Å². The molecule has 0 fully saturated rings. The first kappa shape index (κ1) is 20.2. The second kappa shape index (κ2) is 10.2. The lowest BCUT2D eigenvalue weighted by Crippen LogP contribution is -2.20. The molecule has 0 unspecified atom stereocenters. The molecule has 0 aliphatic rings. The summed E-state index contributed by atoms with van der Waals surface area (Å²) in [6, 6.07) is 14.1. The minimum atomic E-state index is -0.372. The van der Waals surface area contributed by atoms with Gasteiger partial charge in [0, 0.05) is 5.69 Å². The second-order valence-corrected chi connectivity index (χ2v) is 6.51. The predicted molar refractivity (Wildman–Crippen MR) is 106 cm³/mol. The van der Waals surface area contributed by atoms with E-state index in [-0.39, 0.29) is 24.4 Å². The summed E-state index contributed by atoms with van der Waals surface area (Å²) < 4.78 is 10.8. The van der Waals surface area contributed by atoms with Gasteiger partial charge in [0.15, 0.2) is 6.61 Å². The third kappa shape index (κ3) is 6.62. The number of carbonyl (C=O) groups is 2. The zero-order valence-electron chi connectivity index (χ0n) is 15.7. The van der Waals surface area contributed by atoms with Crippen molar-refractivity contribution in [3.63, 3.8) is 0 Å². The number of anilines is 1. The standard InChI is InChI=1S/C22H25NO4/c1-4-7-17-8-5-6-9-20(17)26-15-21(24)23-19-12-10-18(11-13-19)22(25)27-14-16(2)3/h4-6,8-13,16H,1,7,14-15H2,2-3H3,(H,23,24). The summed E-state index contributed by atoms with van der Waals surface area (Å²) in [5.41, 5.74) is 2.01. The normalized spacial score (nSPS) is 10.3. The summed E-state index contributed by atoms with van der Waals surface area (Å²) >= 11 is 0. The minimum absolute atomic E-state index is 0.105. The fraction of sp³-hybridized carbons (Fsp3) is 0.273. The van der Waals surface area contributed by atoms with Gasteiger partial charge in [-0.3, -0.25) is 4.79 Å². The maximum Gasteiger partial charge on any atom is 0.338 e. The molecule has 0 radical (unpaired) electrons. The molecule has 2 rings (SSSR count). The van der Waals surface area contributed by atoms with Crippen LogP contribution in [0.25, 0.3) is 0 Å². The van der Waals surface area contributed by atoms with Gasteiger partial charge >= 0.3 is 5.97 Å². The molecule has 142 valence electrons. The Morgan fingerprint density at radius 3 is 2.48 bits per heavy atom. The molecular weight excluding hydrogens is 342 g/mol. The van der Waals surface area contributed by atoms with Crippen LogP contribution in [0.15, 0.2) is 61.2 Å². The Morgan fingerprint density at radius 2 is 1.81 bits per heavy atom. The minimum Gasteiger partial charge on any atom is -0.483 e. The number of ether oxygens (including phenoxy) is 2. The third-order valence-corrected chi connectivity index (χ3v) is 3.65. The molecule has 0 aliphatic heterocycles. The lowest BCUT2D eigenvalue weighted by atomic mass is 10.1. The monoisotopic (exact) mass is 367 g/mol. The maximum absolute atomic E-state index is 12.1. The highest BCUT2D eigenvalue weighted by Crippen LogP contribution is 2.19. The third-order valence-electron chi connectivity index (χ3n) is 3.65. The number of hydrogen-bond donors (Lipinski definition) is 1. The van der Waals surface area contributed by atoms with Gasteiger partial charge in [-0.2, -0.15) is 0 Å². The largest absolute Gasteiger partial charge is 0.483 e. The van der Waals surface area contributed by atoms with Crippen molar-refractivity contribution in [3.8, 4) is 5.75 Å². The van der Waals surface area contributed by atoms with E-state index in [1.165, 1.54) is 0 Å². The zero-order chi connectivity index (χ0) is 19.6. The highest BCUT2D eigenvalue weighted by atomic mass is 16.5. The molecule has 0 aromatic heterocycles. The summed E-state index contributed by atoms with van der Waals surface area (Å²) in [6.45, 7) is 7.94. The van der Waals surface area contributed by atoms with Crippen molar-refractivity contribution in [1.82, 2.24) is 0 Å². The number of carbonyl (C=O) groups excluding carboxylic acids is 2. The van der Waals surface area contributed by atoms with Crippen LogP contribution in [0.4, 0.5) is 5.69 Å². The molecule has 27 heavy (non-hydrogen) atoms. The van der Waals surface area contributed by atoms with Crippen LogP contribution < -0.4 is 10.1 Å². The van der Waals surface area contributed by atoms with Crippen molar-refractivity contribution in [2.45, 2.75) is 20.3 Å². The van der Waals surface area contributed by atoms with Gasteiger partial charge in [-0.1, -0.05) is 38.1 Å². The van der Waals surface area contributed by atoms with Crippen LogP contribution in [0.1, 0.15) is 29.8 Å². The first-order valence-corrected chi connectivity index (χ1v) is 8.88. The number of rotatable bonds is 9. The van der Waals surface area contributed by atoms with Crippen LogP contribution in [0, 0.1) is 5.92 Å². The van der Waals surface area contributed by atoms with Crippen LogP contribution >= 0.6 is 0 Å². The quantitative estimate of drug-likeness (QED) is 0.532. The number of esters is 1. The molecule has 0 spiro atoms. The summed E-state index contributed by atoms with van der Waals surface area (Å²) in [6.07, 6.45) is 2.46. The van der Waals surface area contributed by atoms with Crippen molar-refractivity contribution >= 4 is 17.6 Å². The van der Waals surface area contributed by atoms with Gasteiger partial charge in [0.25, 0.3) is 5.91 Å². The fourth-order valence-corrected chi connectivity index (χ4v) is 2.32. The molecule has 0 bridgehead atoms. The number of hydrogen-bond acceptors (Lipinski definition) is 4. The number of benzene rings is 2.